The van der Waals surface area contributed by atoms with Crippen molar-refractivity contribution in [2.75, 3.05) is 34.5 Å². The minimum atomic E-state index is -0.730. The van der Waals surface area contributed by atoms with E-state index in [1.54, 1.807) is 12.1 Å². The molecule has 1 aliphatic rings. The molecule has 31 heavy (non-hydrogen) atoms. The molecule has 0 N–H and O–H groups in total. The Morgan fingerprint density at radius 3 is 2.13 bits per heavy atom. The average Bonchev–Trinajstić information content (AvgIpc) is 2.80. The number of carbonyl (C=O) groups is 3. The lowest BCUT2D eigenvalue weighted by atomic mass is 10.1. The Hall–Kier alpha value is -4.01. The van der Waals surface area contributed by atoms with Crippen LogP contribution in [0.4, 0.5) is 0 Å². The number of methoxy groups -OCH3 is 3. The van der Waals surface area contributed by atoms with Gasteiger partial charge in [0.15, 0.2) is 11.5 Å². The second-order valence-electron chi connectivity index (χ2n) is 6.23. The zero-order chi connectivity index (χ0) is 22.4. The fourth-order valence-corrected chi connectivity index (χ4v) is 2.83. The van der Waals surface area contributed by atoms with Crippen molar-refractivity contribution in [2.24, 2.45) is 0 Å². The molecule has 0 spiro atoms. The summed E-state index contributed by atoms with van der Waals surface area (Å²) in [5, 5.41) is 0. The van der Waals surface area contributed by atoms with E-state index in [9.17, 15) is 14.4 Å². The van der Waals surface area contributed by atoms with E-state index in [4.69, 9.17) is 18.9 Å². The van der Waals surface area contributed by atoms with Crippen LogP contribution < -0.4 is 18.9 Å². The Morgan fingerprint density at radius 1 is 0.871 bits per heavy atom. The first-order valence-corrected chi connectivity index (χ1v) is 9.14. The molecule has 0 aliphatic carbocycles. The van der Waals surface area contributed by atoms with Crippen LogP contribution in [0.15, 0.2) is 36.4 Å². The van der Waals surface area contributed by atoms with Gasteiger partial charge in [-0.3, -0.25) is 0 Å². The number of hydrogen-bond acceptors (Lipinski definition) is 9. The molecule has 0 aromatic heterocycles. The van der Waals surface area contributed by atoms with Gasteiger partial charge in [0.25, 0.3) is 0 Å². The number of rotatable bonds is 6. The first-order valence-electron chi connectivity index (χ1n) is 9.14. The van der Waals surface area contributed by atoms with Crippen LogP contribution in [0.2, 0.25) is 0 Å². The summed E-state index contributed by atoms with van der Waals surface area (Å²) in [6.07, 6.45) is 2.70. The second kappa shape index (κ2) is 9.66. The number of benzene rings is 2. The molecular formula is C22H20O9. The molecule has 9 nitrogen and oxygen atoms in total. The normalized spacial score (nSPS) is 12.2. The average molecular weight is 428 g/mol. The second-order valence-corrected chi connectivity index (χ2v) is 6.23. The van der Waals surface area contributed by atoms with Crippen LogP contribution in [-0.4, -0.2) is 52.5 Å². The molecule has 1 heterocycles. The molecule has 0 unspecified atom stereocenters. The summed E-state index contributed by atoms with van der Waals surface area (Å²) in [6, 6.07) is 7.25. The van der Waals surface area contributed by atoms with E-state index in [0.29, 0.717) is 36.0 Å². The minimum absolute atomic E-state index is 0.0160. The van der Waals surface area contributed by atoms with E-state index in [1.807, 2.05) is 0 Å². The quantitative estimate of drug-likeness (QED) is 0.390. The maximum absolute atomic E-state index is 12.3. The van der Waals surface area contributed by atoms with Gasteiger partial charge in [-0.1, -0.05) is 0 Å². The molecule has 0 radical (unpaired) electrons. The Kier molecular flexibility index (Phi) is 6.76. The highest BCUT2D eigenvalue weighted by atomic mass is 16.6. The van der Waals surface area contributed by atoms with Gasteiger partial charge in [0.2, 0.25) is 5.75 Å². The number of esters is 3. The first-order chi connectivity index (χ1) is 14.9. The molecule has 0 saturated heterocycles. The largest absolute Gasteiger partial charge is 0.493 e. The van der Waals surface area contributed by atoms with Crippen LogP contribution in [0, 0.1) is 0 Å². The topological polar surface area (TPSA) is 107 Å². The van der Waals surface area contributed by atoms with Gasteiger partial charge in [0.1, 0.15) is 19.0 Å². The number of fused-ring (bicyclic) bond motifs is 1. The van der Waals surface area contributed by atoms with Crippen molar-refractivity contribution in [3.8, 4) is 23.0 Å². The van der Waals surface area contributed by atoms with Gasteiger partial charge in [-0.2, -0.15) is 0 Å². The SMILES string of the molecule is COC(=O)c1cc(OC(=O)C=Cc2cc(OC)c3c(c2)OCCO3)cc(C(=O)OC)c1. The number of hydrogen-bond donors (Lipinski definition) is 0. The molecule has 0 fully saturated rings. The lowest BCUT2D eigenvalue weighted by molar-refractivity contribution is -0.128. The van der Waals surface area contributed by atoms with Gasteiger partial charge < -0.3 is 28.4 Å². The van der Waals surface area contributed by atoms with Crippen LogP contribution in [0.25, 0.3) is 6.08 Å². The zero-order valence-corrected chi connectivity index (χ0v) is 17.1. The maximum atomic E-state index is 12.3. The highest BCUT2D eigenvalue weighted by Gasteiger charge is 2.18. The highest BCUT2D eigenvalue weighted by molar-refractivity contribution is 5.96. The molecule has 0 bridgehead atoms. The molecule has 2 aromatic rings. The molecule has 0 atom stereocenters. The van der Waals surface area contributed by atoms with Crippen molar-refractivity contribution >= 4 is 24.0 Å². The van der Waals surface area contributed by atoms with Crippen molar-refractivity contribution in [3.05, 3.63) is 53.1 Å². The Balaban J connectivity index is 1.81. The van der Waals surface area contributed by atoms with E-state index in [-0.39, 0.29) is 16.9 Å². The van der Waals surface area contributed by atoms with E-state index in [2.05, 4.69) is 9.47 Å². The molecule has 2 aromatic carbocycles. The van der Waals surface area contributed by atoms with Gasteiger partial charge in [0, 0.05) is 6.08 Å². The summed E-state index contributed by atoms with van der Waals surface area (Å²) in [5.41, 5.74) is 0.694. The Bertz CT molecular complexity index is 988. The predicted molar refractivity (Wildman–Crippen MR) is 108 cm³/mol. The smallest absolute Gasteiger partial charge is 0.338 e. The van der Waals surface area contributed by atoms with E-state index in [1.165, 1.54) is 51.7 Å². The summed E-state index contributed by atoms with van der Waals surface area (Å²) >= 11 is 0. The van der Waals surface area contributed by atoms with Crippen LogP contribution in [0.3, 0.4) is 0 Å². The van der Waals surface area contributed by atoms with Gasteiger partial charge in [0.05, 0.1) is 32.5 Å². The minimum Gasteiger partial charge on any atom is -0.493 e. The van der Waals surface area contributed by atoms with E-state index >= 15 is 0 Å². The van der Waals surface area contributed by atoms with Gasteiger partial charge >= 0.3 is 17.9 Å². The van der Waals surface area contributed by atoms with Gasteiger partial charge in [-0.15, -0.1) is 0 Å². The summed E-state index contributed by atoms with van der Waals surface area (Å²) in [4.78, 5) is 36.0. The number of carbonyl (C=O) groups excluding carboxylic acids is 3. The fraction of sp³-hybridized carbons (Fsp3) is 0.227. The molecule has 0 amide bonds. The summed E-state index contributed by atoms with van der Waals surface area (Å²) < 4.78 is 31.0. The third-order valence-electron chi connectivity index (χ3n) is 4.23. The van der Waals surface area contributed by atoms with Gasteiger partial charge in [-0.05, 0) is 42.0 Å². The Morgan fingerprint density at radius 2 is 1.52 bits per heavy atom. The van der Waals surface area contributed by atoms with E-state index in [0.717, 1.165) is 0 Å². The first kappa shape index (κ1) is 21.7. The molecule has 0 saturated carbocycles. The predicted octanol–water partition coefficient (Wildman–Crippen LogP) is 2.66. The fourth-order valence-electron chi connectivity index (χ4n) is 2.83. The number of ether oxygens (including phenoxy) is 6. The molecule has 162 valence electrons. The van der Waals surface area contributed by atoms with Crippen molar-refractivity contribution < 1.29 is 42.8 Å². The van der Waals surface area contributed by atoms with Crippen molar-refractivity contribution in [2.45, 2.75) is 0 Å². The summed E-state index contributed by atoms with van der Waals surface area (Å²) in [7, 11) is 3.90. The van der Waals surface area contributed by atoms with Crippen LogP contribution in [-0.2, 0) is 14.3 Å². The Labute approximate surface area is 178 Å². The van der Waals surface area contributed by atoms with Crippen LogP contribution in [0.1, 0.15) is 26.3 Å². The summed E-state index contributed by atoms with van der Waals surface area (Å²) in [5.74, 6) is -0.650. The molecular weight excluding hydrogens is 408 g/mol. The third-order valence-corrected chi connectivity index (χ3v) is 4.23. The van der Waals surface area contributed by atoms with Crippen molar-refractivity contribution in [3.63, 3.8) is 0 Å². The molecule has 9 heteroatoms. The highest BCUT2D eigenvalue weighted by Crippen LogP contribution is 2.40. The monoisotopic (exact) mass is 428 g/mol. The maximum Gasteiger partial charge on any atom is 0.338 e. The third kappa shape index (κ3) is 5.13. The molecule has 1 aliphatic heterocycles. The van der Waals surface area contributed by atoms with Crippen LogP contribution >= 0.6 is 0 Å². The van der Waals surface area contributed by atoms with Crippen LogP contribution in [0.5, 0.6) is 23.0 Å². The summed E-state index contributed by atoms with van der Waals surface area (Å²) in [6.45, 7) is 0.827. The lowest BCUT2D eigenvalue weighted by Crippen LogP contribution is -2.16. The van der Waals surface area contributed by atoms with Crippen molar-refractivity contribution in [1.82, 2.24) is 0 Å². The van der Waals surface area contributed by atoms with E-state index < -0.39 is 17.9 Å². The van der Waals surface area contributed by atoms with Crippen molar-refractivity contribution in [1.29, 1.82) is 0 Å². The zero-order valence-electron chi connectivity index (χ0n) is 17.1. The molecule has 3 rings (SSSR count). The lowest BCUT2D eigenvalue weighted by Gasteiger charge is -2.20. The standard InChI is InChI=1S/C22H20O9/c1-26-17-8-13(9-18-20(17)30-7-6-29-18)4-5-19(23)31-16-11-14(21(24)27-2)10-15(12-16)22(25)28-3/h4-5,8-12H,6-7H2,1-3H3. The van der Waals surface area contributed by atoms with Gasteiger partial charge in [-0.25, -0.2) is 14.4 Å².